The number of thiazole rings is 1. The highest BCUT2D eigenvalue weighted by Gasteiger charge is 2.29. The molecule has 1 amide bonds. The highest BCUT2D eigenvalue weighted by Crippen LogP contribution is 2.36. The van der Waals surface area contributed by atoms with Crippen LogP contribution < -0.4 is 0 Å². The number of aryl methyl sites for hydroxylation is 1. The van der Waals surface area contributed by atoms with E-state index in [0.29, 0.717) is 6.42 Å². The molecule has 1 atom stereocenters. The summed E-state index contributed by atoms with van der Waals surface area (Å²) < 4.78 is 1.21. The number of piperidine rings is 1. The highest BCUT2D eigenvalue weighted by atomic mass is 32.1. The van der Waals surface area contributed by atoms with Gasteiger partial charge in [0.15, 0.2) is 0 Å². The SMILES string of the molecule is O=C(CCc1ccccc1)N1CCCC[C@@H]1c1nc2ccccc2s1. The molecule has 0 saturated carbocycles. The molecular weight excluding hydrogens is 328 g/mol. The van der Waals surface area contributed by atoms with Crippen LogP contribution in [0.25, 0.3) is 10.2 Å². The molecule has 2 aromatic carbocycles. The number of hydrogen-bond donors (Lipinski definition) is 0. The number of carbonyl (C=O) groups is 1. The molecule has 1 saturated heterocycles. The van der Waals surface area contributed by atoms with Crippen LogP contribution in [-0.4, -0.2) is 22.3 Å². The summed E-state index contributed by atoms with van der Waals surface area (Å²) in [5, 5.41) is 1.09. The quantitative estimate of drug-likeness (QED) is 0.665. The number of fused-ring (bicyclic) bond motifs is 1. The van der Waals surface area contributed by atoms with Gasteiger partial charge in [-0.25, -0.2) is 4.98 Å². The standard InChI is InChI=1S/C21H22N2OS/c24-20(14-13-16-8-2-1-3-9-16)23-15-7-6-11-18(23)21-22-17-10-4-5-12-19(17)25-21/h1-5,8-10,12,18H,6-7,11,13-15H2/t18-/m1/s1. The summed E-state index contributed by atoms with van der Waals surface area (Å²) in [4.78, 5) is 19.8. The van der Waals surface area contributed by atoms with Crippen molar-refractivity contribution in [1.82, 2.24) is 9.88 Å². The van der Waals surface area contributed by atoms with Crippen molar-refractivity contribution in [3.63, 3.8) is 0 Å². The van der Waals surface area contributed by atoms with Gasteiger partial charge in [-0.2, -0.15) is 0 Å². The van der Waals surface area contributed by atoms with Gasteiger partial charge >= 0.3 is 0 Å². The molecule has 1 aromatic heterocycles. The van der Waals surface area contributed by atoms with Crippen molar-refractivity contribution in [3.05, 3.63) is 65.2 Å². The molecule has 1 fully saturated rings. The van der Waals surface area contributed by atoms with Crippen molar-refractivity contribution < 1.29 is 4.79 Å². The first-order valence-electron chi connectivity index (χ1n) is 9.00. The van der Waals surface area contributed by atoms with Crippen LogP contribution in [0.2, 0.25) is 0 Å². The Morgan fingerprint density at radius 1 is 1.08 bits per heavy atom. The predicted octanol–water partition coefficient (Wildman–Crippen LogP) is 4.98. The zero-order valence-electron chi connectivity index (χ0n) is 14.2. The van der Waals surface area contributed by atoms with Gasteiger partial charge in [-0.1, -0.05) is 42.5 Å². The molecule has 1 aliphatic rings. The molecule has 2 heterocycles. The molecule has 3 aromatic rings. The van der Waals surface area contributed by atoms with E-state index >= 15 is 0 Å². The molecule has 3 nitrogen and oxygen atoms in total. The van der Waals surface area contributed by atoms with Crippen molar-refractivity contribution in [1.29, 1.82) is 0 Å². The van der Waals surface area contributed by atoms with Crippen molar-refractivity contribution >= 4 is 27.5 Å². The first kappa shape index (κ1) is 16.3. The zero-order chi connectivity index (χ0) is 17.1. The van der Waals surface area contributed by atoms with E-state index in [-0.39, 0.29) is 11.9 Å². The Morgan fingerprint density at radius 2 is 1.88 bits per heavy atom. The van der Waals surface area contributed by atoms with Gasteiger partial charge in [0.25, 0.3) is 0 Å². The third kappa shape index (κ3) is 3.59. The van der Waals surface area contributed by atoms with Gasteiger partial charge in [0, 0.05) is 13.0 Å². The number of rotatable bonds is 4. The fraction of sp³-hybridized carbons (Fsp3) is 0.333. The minimum Gasteiger partial charge on any atom is -0.333 e. The Balaban J connectivity index is 1.51. The molecule has 0 radical (unpaired) electrons. The van der Waals surface area contributed by atoms with Crippen LogP contribution in [0.4, 0.5) is 0 Å². The van der Waals surface area contributed by atoms with Gasteiger partial charge in [0.1, 0.15) is 5.01 Å². The van der Waals surface area contributed by atoms with Crippen molar-refractivity contribution in [2.24, 2.45) is 0 Å². The number of hydrogen-bond acceptors (Lipinski definition) is 3. The normalized spacial score (nSPS) is 17.8. The molecule has 0 aliphatic carbocycles. The lowest BCUT2D eigenvalue weighted by Gasteiger charge is -2.34. The summed E-state index contributed by atoms with van der Waals surface area (Å²) in [5.74, 6) is 0.257. The lowest BCUT2D eigenvalue weighted by Crippen LogP contribution is -2.38. The smallest absolute Gasteiger partial charge is 0.223 e. The maximum atomic E-state index is 12.9. The van der Waals surface area contributed by atoms with Crippen LogP contribution in [0.5, 0.6) is 0 Å². The molecule has 0 unspecified atom stereocenters. The van der Waals surface area contributed by atoms with Crippen LogP contribution in [0.1, 0.15) is 42.3 Å². The van der Waals surface area contributed by atoms with E-state index in [9.17, 15) is 4.79 Å². The highest BCUT2D eigenvalue weighted by molar-refractivity contribution is 7.18. The number of carbonyl (C=O) groups excluding carboxylic acids is 1. The maximum Gasteiger partial charge on any atom is 0.223 e. The largest absolute Gasteiger partial charge is 0.333 e. The van der Waals surface area contributed by atoms with Gasteiger partial charge in [-0.05, 0) is 43.4 Å². The molecule has 4 heteroatoms. The minimum atomic E-state index is 0.148. The molecule has 0 spiro atoms. The fourth-order valence-electron chi connectivity index (χ4n) is 3.56. The Bertz CT molecular complexity index is 825. The molecule has 25 heavy (non-hydrogen) atoms. The van der Waals surface area contributed by atoms with Crippen LogP contribution in [0.15, 0.2) is 54.6 Å². The molecule has 0 bridgehead atoms. The number of amides is 1. The van der Waals surface area contributed by atoms with Gasteiger partial charge in [0.2, 0.25) is 5.91 Å². The number of likely N-dealkylation sites (tertiary alicyclic amines) is 1. The summed E-state index contributed by atoms with van der Waals surface area (Å²) in [5.41, 5.74) is 2.27. The second-order valence-corrected chi connectivity index (χ2v) is 7.67. The van der Waals surface area contributed by atoms with Crippen LogP contribution in [-0.2, 0) is 11.2 Å². The Hall–Kier alpha value is -2.20. The first-order chi connectivity index (χ1) is 12.3. The van der Waals surface area contributed by atoms with E-state index in [1.54, 1.807) is 11.3 Å². The minimum absolute atomic E-state index is 0.148. The van der Waals surface area contributed by atoms with E-state index in [4.69, 9.17) is 4.98 Å². The molecular formula is C21H22N2OS. The second kappa shape index (κ2) is 7.36. The average Bonchev–Trinajstić information content (AvgIpc) is 3.11. The van der Waals surface area contributed by atoms with E-state index in [2.05, 4.69) is 29.2 Å². The zero-order valence-corrected chi connectivity index (χ0v) is 15.0. The van der Waals surface area contributed by atoms with E-state index < -0.39 is 0 Å². The average molecular weight is 350 g/mol. The molecule has 1 aliphatic heterocycles. The predicted molar refractivity (Wildman–Crippen MR) is 103 cm³/mol. The Kier molecular flexibility index (Phi) is 4.79. The van der Waals surface area contributed by atoms with Gasteiger partial charge in [-0.3, -0.25) is 4.79 Å². The van der Waals surface area contributed by atoms with Crippen molar-refractivity contribution in [2.75, 3.05) is 6.54 Å². The van der Waals surface area contributed by atoms with Crippen molar-refractivity contribution in [2.45, 2.75) is 38.1 Å². The maximum absolute atomic E-state index is 12.9. The number of para-hydroxylation sites is 1. The van der Waals surface area contributed by atoms with E-state index in [1.165, 1.54) is 16.7 Å². The summed E-state index contributed by atoms with van der Waals surface area (Å²) >= 11 is 1.73. The summed E-state index contributed by atoms with van der Waals surface area (Å²) in [6.07, 6.45) is 4.67. The van der Waals surface area contributed by atoms with Crippen LogP contribution >= 0.6 is 11.3 Å². The Morgan fingerprint density at radius 3 is 2.72 bits per heavy atom. The summed E-state index contributed by atoms with van der Waals surface area (Å²) in [6.45, 7) is 0.855. The monoisotopic (exact) mass is 350 g/mol. The fourth-order valence-corrected chi connectivity index (χ4v) is 4.67. The van der Waals surface area contributed by atoms with Gasteiger partial charge in [0.05, 0.1) is 16.3 Å². The third-order valence-corrected chi connectivity index (χ3v) is 6.03. The third-order valence-electron chi connectivity index (χ3n) is 4.89. The van der Waals surface area contributed by atoms with E-state index in [1.807, 2.05) is 30.3 Å². The van der Waals surface area contributed by atoms with Gasteiger partial charge in [-0.15, -0.1) is 11.3 Å². The molecule has 128 valence electrons. The first-order valence-corrected chi connectivity index (χ1v) is 9.82. The molecule has 0 N–H and O–H groups in total. The van der Waals surface area contributed by atoms with Crippen molar-refractivity contribution in [3.8, 4) is 0 Å². The van der Waals surface area contributed by atoms with Crippen LogP contribution in [0.3, 0.4) is 0 Å². The number of aromatic nitrogens is 1. The van der Waals surface area contributed by atoms with Crippen LogP contribution in [0, 0.1) is 0 Å². The summed E-state index contributed by atoms with van der Waals surface area (Å²) in [7, 11) is 0. The Labute approximate surface area is 152 Å². The number of nitrogens with zero attached hydrogens (tertiary/aromatic N) is 2. The number of benzene rings is 2. The summed E-state index contributed by atoms with van der Waals surface area (Å²) in [6, 6.07) is 18.6. The topological polar surface area (TPSA) is 33.2 Å². The van der Waals surface area contributed by atoms with E-state index in [0.717, 1.165) is 36.3 Å². The lowest BCUT2D eigenvalue weighted by atomic mass is 10.0. The molecule has 4 rings (SSSR count). The lowest BCUT2D eigenvalue weighted by molar-refractivity contribution is -0.135. The van der Waals surface area contributed by atoms with Gasteiger partial charge < -0.3 is 4.90 Å². The second-order valence-electron chi connectivity index (χ2n) is 6.60.